The second-order valence-corrected chi connectivity index (χ2v) is 9.63. The number of amides is 1. The van der Waals surface area contributed by atoms with Gasteiger partial charge in [-0.1, -0.05) is 43.3 Å². The molecule has 4 rings (SSSR count). The fourth-order valence-electron chi connectivity index (χ4n) is 5.25. The highest BCUT2D eigenvalue weighted by atomic mass is 19.4. The van der Waals surface area contributed by atoms with Crippen LogP contribution in [0.1, 0.15) is 49.9 Å². The van der Waals surface area contributed by atoms with Gasteiger partial charge < -0.3 is 14.9 Å². The number of rotatable bonds is 5. The number of hydrogen-bond donors (Lipinski definition) is 2. The van der Waals surface area contributed by atoms with Crippen molar-refractivity contribution >= 4 is 22.4 Å². The number of hydrogen-bond acceptors (Lipinski definition) is 5. The molecule has 2 unspecified atom stereocenters. The molecule has 2 N–H and O–H groups in total. The first-order chi connectivity index (χ1) is 16.4. The lowest BCUT2D eigenvalue weighted by molar-refractivity contribution is -0.257. The highest BCUT2D eigenvalue weighted by Gasteiger charge is 2.63. The number of halogens is 3. The molecule has 0 saturated heterocycles. The summed E-state index contributed by atoms with van der Waals surface area (Å²) in [5.74, 6) is -1.83. The Kier molecular flexibility index (Phi) is 6.25. The van der Waals surface area contributed by atoms with E-state index in [0.29, 0.717) is 23.9 Å². The van der Waals surface area contributed by atoms with Gasteiger partial charge in [0.25, 0.3) is 5.91 Å². The van der Waals surface area contributed by atoms with E-state index < -0.39 is 35.1 Å². The van der Waals surface area contributed by atoms with Crippen LogP contribution >= 0.6 is 0 Å². The Morgan fingerprint density at radius 3 is 2.60 bits per heavy atom. The number of nitrogens with one attached hydrogen (secondary N) is 1. The maximum Gasteiger partial charge on any atom is 0.426 e. The summed E-state index contributed by atoms with van der Waals surface area (Å²) in [5, 5.41) is 17.4. The number of aryl methyl sites for hydroxylation is 2. The maximum absolute atomic E-state index is 14.4. The molecule has 0 aliphatic heterocycles. The Hall–Kier alpha value is -3.20. The zero-order valence-electron chi connectivity index (χ0n) is 19.7. The summed E-state index contributed by atoms with van der Waals surface area (Å²) >= 11 is 0. The van der Waals surface area contributed by atoms with Crippen molar-refractivity contribution in [1.82, 2.24) is 5.16 Å². The molecule has 1 heterocycles. The van der Waals surface area contributed by atoms with Gasteiger partial charge in [0, 0.05) is 22.9 Å². The molecule has 3 aromatic rings. The van der Waals surface area contributed by atoms with Crippen molar-refractivity contribution in [3.05, 3.63) is 69.7 Å². The zero-order chi connectivity index (χ0) is 25.6. The number of aliphatic hydroxyl groups is 1. The van der Waals surface area contributed by atoms with Crippen molar-refractivity contribution in [1.29, 1.82) is 0 Å². The molecule has 35 heavy (non-hydrogen) atoms. The second-order valence-electron chi connectivity index (χ2n) is 9.63. The number of aromatic nitrogens is 1. The number of alkyl halides is 3. The molecular formula is C26H27F3N2O4. The number of benzene rings is 2. The Labute approximate surface area is 200 Å². The molecule has 6 nitrogen and oxygen atoms in total. The first kappa shape index (κ1) is 24.9. The van der Waals surface area contributed by atoms with E-state index in [1.807, 2.05) is 26.0 Å². The van der Waals surface area contributed by atoms with E-state index in [2.05, 4.69) is 15.0 Å². The molecule has 0 spiro atoms. The Morgan fingerprint density at radius 1 is 1.20 bits per heavy atom. The summed E-state index contributed by atoms with van der Waals surface area (Å²) < 4.78 is 47.9. The topological polar surface area (TPSA) is 92.4 Å². The van der Waals surface area contributed by atoms with Crippen LogP contribution in [0, 0.1) is 12.8 Å². The molecule has 2 atom stereocenters. The van der Waals surface area contributed by atoms with Gasteiger partial charge in [0.05, 0.1) is 11.1 Å². The van der Waals surface area contributed by atoms with Crippen LogP contribution in [0.4, 0.5) is 18.9 Å². The molecule has 186 valence electrons. The van der Waals surface area contributed by atoms with Crippen molar-refractivity contribution < 1.29 is 27.6 Å². The van der Waals surface area contributed by atoms with Gasteiger partial charge in [0.1, 0.15) is 0 Å². The van der Waals surface area contributed by atoms with Gasteiger partial charge in [0.15, 0.2) is 0 Å². The van der Waals surface area contributed by atoms with E-state index in [4.69, 9.17) is 0 Å². The highest BCUT2D eigenvalue weighted by Crippen LogP contribution is 2.51. The molecule has 1 aliphatic rings. The summed E-state index contributed by atoms with van der Waals surface area (Å²) in [6, 6.07) is 11.3. The van der Waals surface area contributed by atoms with Crippen LogP contribution in [0.2, 0.25) is 0 Å². The monoisotopic (exact) mass is 488 g/mol. The largest absolute Gasteiger partial charge is 0.426 e. The van der Waals surface area contributed by atoms with Gasteiger partial charge in [-0.05, 0) is 61.4 Å². The number of carbonyl (C=O) groups is 1. The third-order valence-corrected chi connectivity index (χ3v) is 7.30. The van der Waals surface area contributed by atoms with E-state index in [1.165, 1.54) is 18.2 Å². The lowest BCUT2D eigenvalue weighted by Crippen LogP contribution is -2.59. The summed E-state index contributed by atoms with van der Waals surface area (Å²) in [6.07, 6.45) is -4.21. The van der Waals surface area contributed by atoms with Gasteiger partial charge in [-0.3, -0.25) is 4.79 Å². The van der Waals surface area contributed by atoms with E-state index in [1.54, 1.807) is 19.1 Å². The third kappa shape index (κ3) is 4.22. The average molecular weight is 489 g/mol. The zero-order valence-corrected chi connectivity index (χ0v) is 19.7. The normalized spacial score (nSPS) is 19.9. The Morgan fingerprint density at radius 2 is 1.91 bits per heavy atom. The lowest BCUT2D eigenvalue weighted by Gasteiger charge is -2.47. The molecule has 0 fully saturated rings. The number of fused-ring (bicyclic) bond motifs is 2. The van der Waals surface area contributed by atoms with Crippen LogP contribution in [0.5, 0.6) is 0 Å². The Balaban J connectivity index is 1.75. The van der Waals surface area contributed by atoms with Crippen molar-refractivity contribution in [2.24, 2.45) is 5.92 Å². The van der Waals surface area contributed by atoms with Crippen LogP contribution in [0.15, 0.2) is 51.8 Å². The van der Waals surface area contributed by atoms with Crippen LogP contribution in [0.3, 0.4) is 0 Å². The lowest BCUT2D eigenvalue weighted by atomic mass is 9.59. The molecule has 0 radical (unpaired) electrons. The highest BCUT2D eigenvalue weighted by molar-refractivity contribution is 5.99. The van der Waals surface area contributed by atoms with E-state index in [9.17, 15) is 27.9 Å². The molecule has 0 saturated carbocycles. The Bertz CT molecular complexity index is 1330. The third-order valence-electron chi connectivity index (χ3n) is 7.30. The van der Waals surface area contributed by atoms with Crippen molar-refractivity contribution in [2.45, 2.75) is 63.6 Å². The van der Waals surface area contributed by atoms with Crippen molar-refractivity contribution in [3.8, 4) is 0 Å². The number of anilines is 1. The quantitative estimate of drug-likeness (QED) is 0.525. The molecule has 1 amide bonds. The molecule has 0 bridgehead atoms. The summed E-state index contributed by atoms with van der Waals surface area (Å²) in [6.45, 7) is 5.21. The summed E-state index contributed by atoms with van der Waals surface area (Å²) in [4.78, 5) is 25.0. The van der Waals surface area contributed by atoms with Crippen LogP contribution in [-0.2, 0) is 16.6 Å². The van der Waals surface area contributed by atoms with Crippen molar-refractivity contribution in [2.75, 3.05) is 5.32 Å². The number of nitrogens with zero attached hydrogens (tertiary/aromatic N) is 1. The van der Waals surface area contributed by atoms with Crippen molar-refractivity contribution in [3.63, 3.8) is 0 Å². The van der Waals surface area contributed by atoms with Gasteiger partial charge in [0.2, 0.25) is 5.60 Å². The molecule has 9 heteroatoms. The van der Waals surface area contributed by atoms with Gasteiger partial charge in [-0.15, -0.1) is 0 Å². The van der Waals surface area contributed by atoms with Gasteiger partial charge in [-0.25, -0.2) is 4.79 Å². The molecule has 2 aromatic carbocycles. The van der Waals surface area contributed by atoms with Crippen LogP contribution < -0.4 is 10.9 Å². The fraction of sp³-hybridized carbons (Fsp3) is 0.423. The van der Waals surface area contributed by atoms with E-state index in [0.717, 1.165) is 17.5 Å². The smallest absolute Gasteiger partial charge is 0.373 e. The molecule has 1 aromatic heterocycles. The summed E-state index contributed by atoms with van der Waals surface area (Å²) in [7, 11) is 0. The maximum atomic E-state index is 14.4. The fourth-order valence-corrected chi connectivity index (χ4v) is 5.25. The minimum Gasteiger partial charge on any atom is -0.373 e. The van der Waals surface area contributed by atoms with Gasteiger partial charge >= 0.3 is 11.8 Å². The van der Waals surface area contributed by atoms with Crippen LogP contribution in [-0.4, -0.2) is 27.9 Å². The first-order valence-corrected chi connectivity index (χ1v) is 11.5. The predicted molar refractivity (Wildman–Crippen MR) is 125 cm³/mol. The summed E-state index contributed by atoms with van der Waals surface area (Å²) in [5.41, 5.74) is -3.36. The second kappa shape index (κ2) is 8.78. The van der Waals surface area contributed by atoms with Gasteiger partial charge in [-0.2, -0.15) is 13.2 Å². The standard InChI is InChI=1S/C26H27F3N2O4/c1-15(2)24(12-6-8-17-7-4-5-9-21(17)24)14-25(34,26(27,28)29)23(33)30-18-10-11-19-20(13-18)16(3)31-35-22(19)32/h4-5,7,9-11,13,15,34H,6,8,12,14H2,1-3H3,(H,30,33). The minimum atomic E-state index is -5.22. The molecule has 1 aliphatic carbocycles. The number of carbonyl (C=O) groups excluding carboxylic acids is 1. The predicted octanol–water partition coefficient (Wildman–Crippen LogP) is 5.05. The minimum absolute atomic E-state index is 0.00307. The molecular weight excluding hydrogens is 461 g/mol. The SMILES string of the molecule is Cc1noc(=O)c2ccc(NC(=O)C(O)(CC3(C(C)C)CCCc4ccccc43)C(F)(F)F)cc12. The van der Waals surface area contributed by atoms with Crippen LogP contribution in [0.25, 0.3) is 10.8 Å². The van der Waals surface area contributed by atoms with E-state index >= 15 is 0 Å². The average Bonchev–Trinajstić information content (AvgIpc) is 2.80. The van der Waals surface area contributed by atoms with E-state index in [-0.39, 0.29) is 17.0 Å². The first-order valence-electron chi connectivity index (χ1n) is 11.5.